The number of carbonyl (C=O) groups is 1. The van der Waals surface area contributed by atoms with Crippen LogP contribution in [-0.4, -0.2) is 31.8 Å². The summed E-state index contributed by atoms with van der Waals surface area (Å²) in [4.78, 5) is 21.8. The van der Waals surface area contributed by atoms with Gasteiger partial charge in [-0.05, 0) is 25.2 Å². The van der Waals surface area contributed by atoms with Crippen molar-refractivity contribution in [1.29, 1.82) is 0 Å². The number of hydrogen-bond donors (Lipinski definition) is 2. The molecule has 8 nitrogen and oxygen atoms in total. The highest BCUT2D eigenvalue weighted by Crippen LogP contribution is 2.38. The molecular formula is C13H20N4O4. The molecule has 0 aromatic carbocycles. The van der Waals surface area contributed by atoms with Gasteiger partial charge in [0.2, 0.25) is 5.82 Å². The first-order valence-corrected chi connectivity index (χ1v) is 7.12. The van der Waals surface area contributed by atoms with E-state index in [0.29, 0.717) is 17.9 Å². The van der Waals surface area contributed by atoms with E-state index in [1.165, 1.54) is 4.68 Å². The van der Waals surface area contributed by atoms with Crippen LogP contribution in [-0.2, 0) is 18.3 Å². The van der Waals surface area contributed by atoms with E-state index in [-0.39, 0.29) is 24.1 Å². The molecule has 1 aromatic heterocycles. The summed E-state index contributed by atoms with van der Waals surface area (Å²) in [5.74, 6) is -0.329. The molecule has 1 aliphatic carbocycles. The lowest BCUT2D eigenvalue weighted by molar-refractivity contribution is -0.384. The van der Waals surface area contributed by atoms with Crippen LogP contribution in [0, 0.1) is 16.0 Å². The maximum Gasteiger partial charge on any atom is 0.333 e. The SMILES string of the molecule is CCCc1nn(C)c(NC(CC(=O)O)C2CC2)c1[N+](=O)[O-]. The summed E-state index contributed by atoms with van der Waals surface area (Å²) >= 11 is 0. The molecule has 0 spiro atoms. The van der Waals surface area contributed by atoms with E-state index in [1.54, 1.807) is 7.05 Å². The van der Waals surface area contributed by atoms with Crippen molar-refractivity contribution in [2.75, 3.05) is 5.32 Å². The van der Waals surface area contributed by atoms with E-state index in [2.05, 4.69) is 10.4 Å². The Bertz CT molecular complexity index is 551. The molecule has 1 heterocycles. The summed E-state index contributed by atoms with van der Waals surface area (Å²) in [6.45, 7) is 1.93. The van der Waals surface area contributed by atoms with Gasteiger partial charge in [0.05, 0.1) is 11.3 Å². The number of carboxylic acids is 1. The van der Waals surface area contributed by atoms with Gasteiger partial charge in [-0.15, -0.1) is 0 Å². The zero-order chi connectivity index (χ0) is 15.6. The smallest absolute Gasteiger partial charge is 0.333 e. The minimum Gasteiger partial charge on any atom is -0.481 e. The Hall–Kier alpha value is -2.12. The maximum absolute atomic E-state index is 11.3. The fourth-order valence-corrected chi connectivity index (χ4v) is 2.53. The number of aryl methyl sites for hydroxylation is 2. The van der Waals surface area contributed by atoms with E-state index >= 15 is 0 Å². The highest BCUT2D eigenvalue weighted by atomic mass is 16.6. The molecule has 21 heavy (non-hydrogen) atoms. The highest BCUT2D eigenvalue weighted by Gasteiger charge is 2.36. The fourth-order valence-electron chi connectivity index (χ4n) is 2.53. The lowest BCUT2D eigenvalue weighted by Gasteiger charge is -2.16. The van der Waals surface area contributed by atoms with Crippen LogP contribution in [0.2, 0.25) is 0 Å². The Kier molecular flexibility index (Phi) is 4.44. The number of carboxylic acid groups (broad SMARTS) is 1. The van der Waals surface area contributed by atoms with Crippen LogP contribution in [0.4, 0.5) is 11.5 Å². The topological polar surface area (TPSA) is 110 Å². The molecule has 1 aromatic rings. The first-order chi connectivity index (χ1) is 9.93. The molecule has 116 valence electrons. The molecule has 8 heteroatoms. The normalized spacial score (nSPS) is 15.7. The van der Waals surface area contributed by atoms with Gasteiger partial charge >= 0.3 is 11.7 Å². The van der Waals surface area contributed by atoms with Gasteiger partial charge in [-0.25, -0.2) is 4.68 Å². The van der Waals surface area contributed by atoms with Gasteiger partial charge in [-0.1, -0.05) is 13.3 Å². The molecule has 0 aliphatic heterocycles. The Morgan fingerprint density at radius 2 is 2.29 bits per heavy atom. The maximum atomic E-state index is 11.3. The average molecular weight is 296 g/mol. The van der Waals surface area contributed by atoms with Gasteiger partial charge in [0.25, 0.3) is 0 Å². The van der Waals surface area contributed by atoms with Crippen LogP contribution in [0.15, 0.2) is 0 Å². The number of aliphatic carboxylic acids is 1. The number of aromatic nitrogens is 2. The van der Waals surface area contributed by atoms with Crippen LogP contribution < -0.4 is 5.32 Å². The lowest BCUT2D eigenvalue weighted by atomic mass is 10.1. The van der Waals surface area contributed by atoms with Gasteiger partial charge in [0, 0.05) is 13.1 Å². The van der Waals surface area contributed by atoms with E-state index < -0.39 is 10.9 Å². The second kappa shape index (κ2) is 6.11. The largest absolute Gasteiger partial charge is 0.481 e. The van der Waals surface area contributed by atoms with Crippen molar-refractivity contribution in [2.24, 2.45) is 13.0 Å². The predicted octanol–water partition coefficient (Wildman–Crippen LogP) is 1.95. The Morgan fingerprint density at radius 1 is 1.62 bits per heavy atom. The number of anilines is 1. The lowest BCUT2D eigenvalue weighted by Crippen LogP contribution is -2.26. The number of rotatable bonds is 8. The van der Waals surface area contributed by atoms with E-state index in [4.69, 9.17) is 5.11 Å². The van der Waals surface area contributed by atoms with Gasteiger partial charge in [-0.3, -0.25) is 14.9 Å². The third kappa shape index (κ3) is 3.50. The second-order valence-corrected chi connectivity index (χ2v) is 5.46. The fraction of sp³-hybridized carbons (Fsp3) is 0.692. The highest BCUT2D eigenvalue weighted by molar-refractivity contribution is 5.69. The van der Waals surface area contributed by atoms with Crippen molar-refractivity contribution in [3.05, 3.63) is 15.8 Å². The van der Waals surface area contributed by atoms with E-state index in [1.807, 2.05) is 6.92 Å². The van der Waals surface area contributed by atoms with Crippen molar-refractivity contribution in [3.63, 3.8) is 0 Å². The third-order valence-corrected chi connectivity index (χ3v) is 3.67. The van der Waals surface area contributed by atoms with Gasteiger partial charge in [0.15, 0.2) is 0 Å². The minimum atomic E-state index is -0.905. The second-order valence-electron chi connectivity index (χ2n) is 5.46. The summed E-state index contributed by atoms with van der Waals surface area (Å²) in [6, 6.07) is -0.286. The zero-order valence-corrected chi connectivity index (χ0v) is 12.2. The van der Waals surface area contributed by atoms with Crippen LogP contribution >= 0.6 is 0 Å². The molecular weight excluding hydrogens is 276 g/mol. The molecule has 0 bridgehead atoms. The van der Waals surface area contributed by atoms with Crippen LogP contribution in [0.1, 0.15) is 38.3 Å². The molecule has 0 saturated heterocycles. The van der Waals surface area contributed by atoms with Crippen molar-refractivity contribution >= 4 is 17.5 Å². The number of nitrogens with zero attached hydrogens (tertiary/aromatic N) is 3. The van der Waals surface area contributed by atoms with Crippen LogP contribution in [0.5, 0.6) is 0 Å². The molecule has 2 N–H and O–H groups in total. The Morgan fingerprint density at radius 3 is 2.76 bits per heavy atom. The van der Waals surface area contributed by atoms with Crippen LogP contribution in [0.3, 0.4) is 0 Å². The minimum absolute atomic E-state index is 0.0320. The molecule has 1 aliphatic rings. The van der Waals surface area contributed by atoms with Crippen molar-refractivity contribution < 1.29 is 14.8 Å². The number of nitrogens with one attached hydrogen (secondary N) is 1. The molecule has 1 unspecified atom stereocenters. The van der Waals surface area contributed by atoms with Gasteiger partial charge in [-0.2, -0.15) is 5.10 Å². The summed E-state index contributed by atoms with van der Waals surface area (Å²) in [6.07, 6.45) is 3.16. The van der Waals surface area contributed by atoms with Gasteiger partial charge in [0.1, 0.15) is 5.69 Å². The molecule has 0 amide bonds. The first kappa shape index (κ1) is 15.3. The van der Waals surface area contributed by atoms with E-state index in [9.17, 15) is 14.9 Å². The average Bonchev–Trinajstić information content (AvgIpc) is 3.16. The number of nitro groups is 1. The Labute approximate surface area is 122 Å². The summed E-state index contributed by atoms with van der Waals surface area (Å²) in [5.41, 5.74) is 0.410. The molecule has 1 saturated carbocycles. The summed E-state index contributed by atoms with van der Waals surface area (Å²) in [5, 5.41) is 27.5. The first-order valence-electron chi connectivity index (χ1n) is 7.12. The molecule has 1 fully saturated rings. The summed E-state index contributed by atoms with van der Waals surface area (Å²) < 4.78 is 1.44. The standard InChI is InChI=1S/C13H20N4O4/c1-3-4-9-12(17(20)21)13(16(2)15-9)14-10(7-11(18)19)8-5-6-8/h8,10,14H,3-7H2,1-2H3,(H,18,19). The Balaban J connectivity index is 2.28. The van der Waals surface area contributed by atoms with Crippen molar-refractivity contribution in [2.45, 2.75) is 45.1 Å². The van der Waals surface area contributed by atoms with Gasteiger partial charge < -0.3 is 10.4 Å². The molecule has 2 rings (SSSR count). The predicted molar refractivity (Wildman–Crippen MR) is 76.2 cm³/mol. The number of hydrogen-bond acceptors (Lipinski definition) is 5. The molecule has 1 atom stereocenters. The van der Waals surface area contributed by atoms with Crippen LogP contribution in [0.25, 0.3) is 0 Å². The van der Waals surface area contributed by atoms with Crippen molar-refractivity contribution in [3.8, 4) is 0 Å². The van der Waals surface area contributed by atoms with Crippen molar-refractivity contribution in [1.82, 2.24) is 9.78 Å². The molecule has 0 radical (unpaired) electrons. The monoisotopic (exact) mass is 296 g/mol. The summed E-state index contributed by atoms with van der Waals surface area (Å²) in [7, 11) is 1.64. The quantitative estimate of drug-likeness (QED) is 0.560. The van der Waals surface area contributed by atoms with E-state index in [0.717, 1.165) is 19.3 Å². The third-order valence-electron chi connectivity index (χ3n) is 3.67. The zero-order valence-electron chi connectivity index (χ0n) is 12.2.